The average molecular weight is 324 g/mol. The predicted octanol–water partition coefficient (Wildman–Crippen LogP) is 1.85. The summed E-state index contributed by atoms with van der Waals surface area (Å²) in [6, 6.07) is 1.56. The minimum absolute atomic E-state index is 0.0339. The summed E-state index contributed by atoms with van der Waals surface area (Å²) in [6.07, 6.45) is 1.81. The number of likely N-dealkylation sites (N-methyl/N-ethyl adjacent to an activating group) is 1. The van der Waals surface area contributed by atoms with Crippen LogP contribution < -0.4 is 0 Å². The van der Waals surface area contributed by atoms with Crippen molar-refractivity contribution in [1.82, 2.24) is 19.6 Å². The molecule has 1 aromatic heterocycles. The van der Waals surface area contributed by atoms with Crippen molar-refractivity contribution >= 4 is 23.6 Å². The lowest BCUT2D eigenvalue weighted by Crippen LogP contribution is -2.49. The molecule has 2 amide bonds. The first-order valence-electron chi connectivity index (χ1n) is 7.72. The Morgan fingerprint density at radius 2 is 2.09 bits per heavy atom. The largest absolute Gasteiger partial charge is 0.341 e. The van der Waals surface area contributed by atoms with Crippen molar-refractivity contribution < 1.29 is 9.59 Å². The van der Waals surface area contributed by atoms with Gasteiger partial charge in [-0.15, -0.1) is 11.8 Å². The van der Waals surface area contributed by atoms with Gasteiger partial charge in [0, 0.05) is 31.1 Å². The minimum Gasteiger partial charge on any atom is -0.341 e. The van der Waals surface area contributed by atoms with E-state index in [1.807, 2.05) is 33.9 Å². The van der Waals surface area contributed by atoms with Crippen molar-refractivity contribution in [3.8, 4) is 0 Å². The van der Waals surface area contributed by atoms with Gasteiger partial charge in [0.05, 0.1) is 5.88 Å². The monoisotopic (exact) mass is 324 g/mol. The van der Waals surface area contributed by atoms with Crippen LogP contribution in [0.3, 0.4) is 0 Å². The van der Waals surface area contributed by atoms with Crippen LogP contribution >= 0.6 is 11.8 Å². The van der Waals surface area contributed by atoms with Crippen LogP contribution in [-0.2, 0) is 4.79 Å². The molecule has 1 aromatic rings. The van der Waals surface area contributed by atoms with E-state index in [1.165, 1.54) is 0 Å². The number of hydrogen-bond acceptors (Lipinski definition) is 4. The van der Waals surface area contributed by atoms with E-state index in [0.29, 0.717) is 30.4 Å². The molecule has 6 nitrogen and oxygen atoms in total. The van der Waals surface area contributed by atoms with E-state index in [-0.39, 0.29) is 23.9 Å². The van der Waals surface area contributed by atoms with E-state index < -0.39 is 0 Å². The Morgan fingerprint density at radius 1 is 1.41 bits per heavy atom. The molecule has 2 rings (SSSR count). The molecule has 0 aromatic carbocycles. The number of aromatic nitrogens is 2. The van der Waals surface area contributed by atoms with Crippen LogP contribution in [0.1, 0.15) is 44.2 Å². The van der Waals surface area contributed by atoms with E-state index >= 15 is 0 Å². The van der Waals surface area contributed by atoms with Crippen molar-refractivity contribution in [1.29, 1.82) is 0 Å². The van der Waals surface area contributed by atoms with Crippen molar-refractivity contribution in [2.45, 2.75) is 39.8 Å². The summed E-state index contributed by atoms with van der Waals surface area (Å²) in [4.78, 5) is 28.7. The molecule has 22 heavy (non-hydrogen) atoms. The smallest absolute Gasteiger partial charge is 0.275 e. The summed E-state index contributed by atoms with van der Waals surface area (Å²) in [5, 5.41) is 4.32. The third-order valence-corrected chi connectivity index (χ3v) is 4.87. The zero-order chi connectivity index (χ0) is 16.3. The second-order valence-corrected chi connectivity index (χ2v) is 6.58. The summed E-state index contributed by atoms with van der Waals surface area (Å²) in [7, 11) is 0. The van der Waals surface area contributed by atoms with Gasteiger partial charge in [0.1, 0.15) is 11.7 Å². The van der Waals surface area contributed by atoms with Gasteiger partial charge < -0.3 is 9.80 Å². The Balaban J connectivity index is 2.15. The van der Waals surface area contributed by atoms with Gasteiger partial charge >= 0.3 is 0 Å². The summed E-state index contributed by atoms with van der Waals surface area (Å²) in [5.74, 6) is 1.08. The molecule has 0 aliphatic carbocycles. The molecule has 2 heterocycles. The van der Waals surface area contributed by atoms with Gasteiger partial charge in [-0.3, -0.25) is 14.3 Å². The molecule has 1 fully saturated rings. The third kappa shape index (κ3) is 3.29. The first-order chi connectivity index (χ1) is 10.5. The SMILES string of the molecule is CCN(CC)C(=O)[C@H]1CSCN1C(=O)c1ccn(C(C)C)n1. The normalized spacial score (nSPS) is 18.0. The first-order valence-corrected chi connectivity index (χ1v) is 8.87. The highest BCUT2D eigenvalue weighted by Gasteiger charge is 2.37. The van der Waals surface area contributed by atoms with Gasteiger partial charge in [0.2, 0.25) is 5.91 Å². The Bertz CT molecular complexity index is 539. The maximum Gasteiger partial charge on any atom is 0.275 e. The minimum atomic E-state index is -0.374. The average Bonchev–Trinajstić information content (AvgIpc) is 3.17. The molecule has 0 spiro atoms. The van der Waals surface area contributed by atoms with E-state index in [0.717, 1.165) is 0 Å². The summed E-state index contributed by atoms with van der Waals surface area (Å²) in [5.41, 5.74) is 0.411. The van der Waals surface area contributed by atoms with Gasteiger partial charge in [0.25, 0.3) is 5.91 Å². The van der Waals surface area contributed by atoms with Crippen LogP contribution in [-0.4, -0.2) is 62.2 Å². The molecule has 7 heteroatoms. The van der Waals surface area contributed by atoms with Crippen LogP contribution in [0, 0.1) is 0 Å². The summed E-state index contributed by atoms with van der Waals surface area (Å²) >= 11 is 1.62. The number of hydrogen-bond donors (Lipinski definition) is 0. The van der Waals surface area contributed by atoms with E-state index in [9.17, 15) is 9.59 Å². The molecular weight excluding hydrogens is 300 g/mol. The fraction of sp³-hybridized carbons (Fsp3) is 0.667. The molecular formula is C15H24N4O2S. The highest BCUT2D eigenvalue weighted by Crippen LogP contribution is 2.24. The van der Waals surface area contributed by atoms with Gasteiger partial charge in [-0.2, -0.15) is 5.10 Å². The van der Waals surface area contributed by atoms with E-state index in [2.05, 4.69) is 5.10 Å². The number of rotatable bonds is 5. The zero-order valence-electron chi connectivity index (χ0n) is 13.7. The Hall–Kier alpha value is -1.50. The molecule has 1 atom stereocenters. The second-order valence-electron chi connectivity index (χ2n) is 5.58. The fourth-order valence-electron chi connectivity index (χ4n) is 2.48. The van der Waals surface area contributed by atoms with Gasteiger partial charge in [-0.1, -0.05) is 0 Å². The predicted molar refractivity (Wildman–Crippen MR) is 87.8 cm³/mol. The Morgan fingerprint density at radius 3 is 2.64 bits per heavy atom. The number of thioether (sulfide) groups is 1. The first kappa shape index (κ1) is 16.9. The van der Waals surface area contributed by atoms with Crippen molar-refractivity contribution in [2.24, 2.45) is 0 Å². The maximum absolute atomic E-state index is 12.7. The molecule has 122 valence electrons. The zero-order valence-corrected chi connectivity index (χ0v) is 14.5. The number of carbonyl (C=O) groups is 2. The van der Waals surface area contributed by atoms with E-state index in [1.54, 1.807) is 32.3 Å². The lowest BCUT2D eigenvalue weighted by molar-refractivity contribution is -0.134. The van der Waals surface area contributed by atoms with Crippen LogP contribution in [0.2, 0.25) is 0 Å². The fourth-order valence-corrected chi connectivity index (χ4v) is 3.63. The third-order valence-electron chi connectivity index (χ3n) is 3.86. The highest BCUT2D eigenvalue weighted by molar-refractivity contribution is 7.99. The number of nitrogens with zero attached hydrogens (tertiary/aromatic N) is 4. The second kappa shape index (κ2) is 7.17. The standard InChI is InChI=1S/C15H24N4O2S/c1-5-17(6-2)15(21)13-9-22-10-18(13)14(20)12-7-8-19(16-12)11(3)4/h7-8,11,13H,5-6,9-10H2,1-4H3/t13-/m1/s1. The molecule has 1 aliphatic rings. The van der Waals surface area contributed by atoms with Crippen molar-refractivity contribution in [2.75, 3.05) is 24.7 Å². The van der Waals surface area contributed by atoms with Crippen molar-refractivity contribution in [3.05, 3.63) is 18.0 Å². The quantitative estimate of drug-likeness (QED) is 0.829. The molecule has 0 unspecified atom stereocenters. The van der Waals surface area contributed by atoms with Crippen molar-refractivity contribution in [3.63, 3.8) is 0 Å². The van der Waals surface area contributed by atoms with Gasteiger partial charge in [-0.25, -0.2) is 0 Å². The molecule has 1 aliphatic heterocycles. The maximum atomic E-state index is 12.7. The Kier molecular flexibility index (Phi) is 5.50. The molecule has 0 bridgehead atoms. The van der Waals surface area contributed by atoms with Crippen LogP contribution in [0.25, 0.3) is 0 Å². The highest BCUT2D eigenvalue weighted by atomic mass is 32.2. The summed E-state index contributed by atoms with van der Waals surface area (Å²) < 4.78 is 1.76. The van der Waals surface area contributed by atoms with Crippen LogP contribution in [0.4, 0.5) is 0 Å². The number of carbonyl (C=O) groups excluding carboxylic acids is 2. The molecule has 0 radical (unpaired) electrons. The lowest BCUT2D eigenvalue weighted by Gasteiger charge is -2.27. The van der Waals surface area contributed by atoms with Gasteiger partial charge in [-0.05, 0) is 33.8 Å². The summed E-state index contributed by atoms with van der Waals surface area (Å²) in [6.45, 7) is 9.28. The van der Waals surface area contributed by atoms with E-state index in [4.69, 9.17) is 0 Å². The molecule has 0 saturated carbocycles. The molecule has 0 N–H and O–H groups in total. The lowest BCUT2D eigenvalue weighted by atomic mass is 10.2. The van der Waals surface area contributed by atoms with Crippen LogP contribution in [0.5, 0.6) is 0 Å². The van der Waals surface area contributed by atoms with Crippen LogP contribution in [0.15, 0.2) is 12.3 Å². The van der Waals surface area contributed by atoms with Gasteiger partial charge in [0.15, 0.2) is 0 Å². The topological polar surface area (TPSA) is 58.4 Å². The Labute approximate surface area is 135 Å². The number of amides is 2. The molecule has 1 saturated heterocycles.